The lowest BCUT2D eigenvalue weighted by atomic mass is 10.1. The zero-order valence-corrected chi connectivity index (χ0v) is 15.1. The first kappa shape index (κ1) is 16.8. The zero-order valence-electron chi connectivity index (χ0n) is 12.0. The van der Waals surface area contributed by atoms with Gasteiger partial charge in [0, 0.05) is 23.1 Å². The molecule has 3 rings (SSSR count). The van der Waals surface area contributed by atoms with Crippen molar-refractivity contribution in [1.82, 2.24) is 4.98 Å². The summed E-state index contributed by atoms with van der Waals surface area (Å²) in [5, 5.41) is 1.12. The minimum absolute atomic E-state index is 0. The van der Waals surface area contributed by atoms with Gasteiger partial charge in [0.15, 0.2) is 24.7 Å². The SMILES string of the molecule is CC(=O)c1cc[n+](Cc2cc3ccccc3nc2Br)cc1.[Br-]. The molecule has 112 valence electrons. The Bertz CT molecular complexity index is 817. The molecular weight excluding hydrogens is 408 g/mol. The standard InChI is InChI=1S/C17H14BrN2O.BrH/c1-12(21)13-6-8-20(9-7-13)11-15-10-14-4-2-3-5-16(14)19-17(15)18;/h2-10H,11H2,1H3;1H/q+1;/p-1. The summed E-state index contributed by atoms with van der Waals surface area (Å²) in [7, 11) is 0. The fourth-order valence-electron chi connectivity index (χ4n) is 2.24. The van der Waals surface area contributed by atoms with Crippen LogP contribution in [-0.2, 0) is 6.54 Å². The lowest BCUT2D eigenvalue weighted by Crippen LogP contribution is -3.00. The van der Waals surface area contributed by atoms with E-state index in [1.807, 2.05) is 47.3 Å². The number of benzene rings is 1. The van der Waals surface area contributed by atoms with Crippen molar-refractivity contribution in [3.8, 4) is 0 Å². The molecule has 2 aromatic heterocycles. The molecule has 0 saturated carbocycles. The van der Waals surface area contributed by atoms with E-state index in [0.29, 0.717) is 6.54 Å². The molecule has 0 saturated heterocycles. The van der Waals surface area contributed by atoms with E-state index in [1.54, 1.807) is 6.92 Å². The first-order valence-corrected chi connectivity index (χ1v) is 7.47. The minimum Gasteiger partial charge on any atom is -1.00 e. The maximum absolute atomic E-state index is 11.3. The van der Waals surface area contributed by atoms with Crippen molar-refractivity contribution in [2.45, 2.75) is 13.5 Å². The third kappa shape index (κ3) is 3.59. The van der Waals surface area contributed by atoms with Crippen LogP contribution < -0.4 is 21.5 Å². The Morgan fingerprint density at radius 2 is 1.86 bits per heavy atom. The van der Waals surface area contributed by atoms with Crippen LogP contribution in [0.2, 0.25) is 0 Å². The first-order valence-electron chi connectivity index (χ1n) is 6.68. The van der Waals surface area contributed by atoms with Crippen LogP contribution >= 0.6 is 15.9 Å². The summed E-state index contributed by atoms with van der Waals surface area (Å²) in [6, 6.07) is 13.9. The van der Waals surface area contributed by atoms with Crippen LogP contribution in [0, 0.1) is 0 Å². The van der Waals surface area contributed by atoms with Gasteiger partial charge in [0.05, 0.1) is 11.1 Å². The number of carbonyl (C=O) groups excluding carboxylic acids is 1. The molecule has 22 heavy (non-hydrogen) atoms. The number of pyridine rings is 2. The van der Waals surface area contributed by atoms with Gasteiger partial charge in [0.25, 0.3) is 0 Å². The summed E-state index contributed by atoms with van der Waals surface area (Å²) in [5.41, 5.74) is 2.81. The average Bonchev–Trinajstić information content (AvgIpc) is 2.48. The molecule has 3 nitrogen and oxygen atoms in total. The van der Waals surface area contributed by atoms with Gasteiger partial charge < -0.3 is 17.0 Å². The van der Waals surface area contributed by atoms with Crippen LogP contribution in [0.4, 0.5) is 0 Å². The van der Waals surface area contributed by atoms with E-state index >= 15 is 0 Å². The van der Waals surface area contributed by atoms with Crippen molar-refractivity contribution in [2.24, 2.45) is 0 Å². The minimum atomic E-state index is 0. The van der Waals surface area contributed by atoms with E-state index in [-0.39, 0.29) is 22.8 Å². The predicted octanol–water partition coefficient (Wildman–Crippen LogP) is 0.540. The molecule has 1 aromatic carbocycles. The lowest BCUT2D eigenvalue weighted by Gasteiger charge is -2.04. The molecule has 3 aromatic rings. The maximum Gasteiger partial charge on any atom is 0.176 e. The Morgan fingerprint density at radius 3 is 2.55 bits per heavy atom. The van der Waals surface area contributed by atoms with Crippen molar-refractivity contribution in [1.29, 1.82) is 0 Å². The number of hydrogen-bond donors (Lipinski definition) is 0. The van der Waals surface area contributed by atoms with E-state index in [9.17, 15) is 4.79 Å². The van der Waals surface area contributed by atoms with Gasteiger partial charge in [0.1, 0.15) is 4.60 Å². The van der Waals surface area contributed by atoms with Crippen molar-refractivity contribution in [3.63, 3.8) is 0 Å². The number of halogens is 2. The molecule has 2 heterocycles. The number of aromatic nitrogens is 2. The highest BCUT2D eigenvalue weighted by atomic mass is 79.9. The van der Waals surface area contributed by atoms with Crippen LogP contribution in [-0.4, -0.2) is 10.8 Å². The number of Topliss-reactive ketones (excluding diaryl/α,β-unsaturated/α-hetero) is 1. The molecular formula is C17H14Br2N2O. The van der Waals surface area contributed by atoms with Gasteiger partial charge >= 0.3 is 0 Å². The van der Waals surface area contributed by atoms with Gasteiger partial charge in [-0.1, -0.05) is 18.2 Å². The monoisotopic (exact) mass is 420 g/mol. The predicted molar refractivity (Wildman–Crippen MR) is 85.2 cm³/mol. The number of rotatable bonds is 3. The molecule has 0 N–H and O–H groups in total. The highest BCUT2D eigenvalue weighted by Crippen LogP contribution is 2.20. The maximum atomic E-state index is 11.3. The molecule has 0 spiro atoms. The van der Waals surface area contributed by atoms with E-state index < -0.39 is 0 Å². The van der Waals surface area contributed by atoms with Crippen LogP contribution in [0.3, 0.4) is 0 Å². The number of nitrogens with zero attached hydrogens (tertiary/aromatic N) is 2. The molecule has 5 heteroatoms. The van der Waals surface area contributed by atoms with Crippen LogP contribution in [0.1, 0.15) is 22.8 Å². The van der Waals surface area contributed by atoms with Gasteiger partial charge in [-0.15, -0.1) is 0 Å². The van der Waals surface area contributed by atoms with Gasteiger partial charge in [-0.2, -0.15) is 0 Å². The number of carbonyl (C=O) groups is 1. The molecule has 0 radical (unpaired) electrons. The van der Waals surface area contributed by atoms with E-state index in [1.165, 1.54) is 0 Å². The Morgan fingerprint density at radius 1 is 1.18 bits per heavy atom. The van der Waals surface area contributed by atoms with Crippen molar-refractivity contribution in [2.75, 3.05) is 0 Å². The third-order valence-electron chi connectivity index (χ3n) is 3.40. The average molecular weight is 422 g/mol. The summed E-state index contributed by atoms with van der Waals surface area (Å²) >= 11 is 3.53. The van der Waals surface area contributed by atoms with Crippen LogP contribution in [0.5, 0.6) is 0 Å². The zero-order chi connectivity index (χ0) is 14.8. The second kappa shape index (κ2) is 7.11. The van der Waals surface area contributed by atoms with Crippen LogP contribution in [0.25, 0.3) is 10.9 Å². The lowest BCUT2D eigenvalue weighted by molar-refractivity contribution is -0.688. The highest BCUT2D eigenvalue weighted by molar-refractivity contribution is 9.10. The topological polar surface area (TPSA) is 33.8 Å². The number of hydrogen-bond acceptors (Lipinski definition) is 2. The molecule has 0 aliphatic rings. The second-order valence-corrected chi connectivity index (χ2v) is 5.70. The van der Waals surface area contributed by atoms with Gasteiger partial charge in [-0.05, 0) is 35.0 Å². The third-order valence-corrected chi connectivity index (χ3v) is 4.09. The normalized spacial score (nSPS) is 10.3. The van der Waals surface area contributed by atoms with Gasteiger partial charge in [0.2, 0.25) is 0 Å². The molecule has 0 aliphatic carbocycles. The first-order chi connectivity index (χ1) is 10.1. The number of ketones is 1. The smallest absolute Gasteiger partial charge is 0.176 e. The van der Waals surface area contributed by atoms with E-state index in [4.69, 9.17) is 0 Å². The van der Waals surface area contributed by atoms with Crippen molar-refractivity contribution in [3.05, 3.63) is 70.6 Å². The highest BCUT2D eigenvalue weighted by Gasteiger charge is 2.10. The quantitative estimate of drug-likeness (QED) is 0.351. The summed E-state index contributed by atoms with van der Waals surface area (Å²) in [6.45, 7) is 2.28. The summed E-state index contributed by atoms with van der Waals surface area (Å²) in [5.74, 6) is 0.0794. The molecule has 0 aliphatic heterocycles. The van der Waals surface area contributed by atoms with E-state index in [0.717, 1.165) is 26.6 Å². The van der Waals surface area contributed by atoms with E-state index in [2.05, 4.69) is 33.0 Å². The molecule has 0 fully saturated rings. The second-order valence-electron chi connectivity index (χ2n) is 4.95. The molecule has 0 amide bonds. The fraction of sp³-hybridized carbons (Fsp3) is 0.118. The molecule has 0 atom stereocenters. The summed E-state index contributed by atoms with van der Waals surface area (Å²) in [6.07, 6.45) is 3.83. The molecule has 0 unspecified atom stereocenters. The van der Waals surface area contributed by atoms with Gasteiger partial charge in [-0.3, -0.25) is 4.79 Å². The number of fused-ring (bicyclic) bond motifs is 1. The van der Waals surface area contributed by atoms with Crippen molar-refractivity contribution >= 4 is 32.6 Å². The van der Waals surface area contributed by atoms with Gasteiger partial charge in [-0.25, -0.2) is 9.55 Å². The summed E-state index contributed by atoms with van der Waals surface area (Å²) < 4.78 is 2.88. The number of para-hydroxylation sites is 1. The Labute approximate surface area is 147 Å². The largest absolute Gasteiger partial charge is 1.00 e. The van der Waals surface area contributed by atoms with Crippen molar-refractivity contribution < 1.29 is 26.3 Å². The summed E-state index contributed by atoms with van der Waals surface area (Å²) in [4.78, 5) is 15.9. The Kier molecular flexibility index (Phi) is 5.42. The molecule has 0 bridgehead atoms. The van der Waals surface area contributed by atoms with Crippen LogP contribution in [0.15, 0.2) is 59.5 Å². The Hall–Kier alpha value is -1.59. The fourth-order valence-corrected chi connectivity index (χ4v) is 2.67. The Balaban J connectivity index is 0.00000176.